The molecule has 0 spiro atoms. The zero-order valence-corrected chi connectivity index (χ0v) is 9.78. The fourth-order valence-corrected chi connectivity index (χ4v) is 3.49. The van der Waals surface area contributed by atoms with Crippen LogP contribution in [-0.2, 0) is 14.8 Å². The highest BCUT2D eigenvalue weighted by Crippen LogP contribution is 2.22. The highest BCUT2D eigenvalue weighted by molar-refractivity contribution is 7.91. The smallest absolute Gasteiger partial charge is 0.318 e. The number of hydrogen-bond donors (Lipinski definition) is 2. The first kappa shape index (κ1) is 12.1. The van der Waals surface area contributed by atoms with Crippen LogP contribution in [0.25, 0.3) is 0 Å². The van der Waals surface area contributed by atoms with E-state index < -0.39 is 22.5 Å². The van der Waals surface area contributed by atoms with Gasteiger partial charge in [-0.15, -0.1) is 11.3 Å². The summed E-state index contributed by atoms with van der Waals surface area (Å²) in [4.78, 5) is 14.2. The average molecular weight is 250 g/mol. The summed E-state index contributed by atoms with van der Waals surface area (Å²) >= 11 is 1.02. The number of nitrogens with zero attached hydrogens (tertiary/aromatic N) is 1. The largest absolute Gasteiger partial charge is 0.480 e. The molecule has 0 aliphatic rings. The third kappa shape index (κ3) is 2.98. The molecule has 0 aliphatic carbocycles. The molecule has 1 rings (SSSR count). The standard InChI is InChI=1S/C7H10N2O4S2/c1-4-7(14-5(2)9-4)15(12,13)8-3-6(10)11/h8H,3H2,1-2H3,(H,10,11). The number of carboxylic acids is 1. The monoisotopic (exact) mass is 250 g/mol. The summed E-state index contributed by atoms with van der Waals surface area (Å²) in [5.74, 6) is -1.22. The molecule has 0 saturated heterocycles. The summed E-state index contributed by atoms with van der Waals surface area (Å²) in [5, 5.41) is 8.99. The fourth-order valence-electron chi connectivity index (χ4n) is 0.984. The summed E-state index contributed by atoms with van der Waals surface area (Å²) in [6, 6.07) is 0. The molecule has 0 aromatic carbocycles. The molecule has 0 bridgehead atoms. The maximum absolute atomic E-state index is 11.6. The Hall–Kier alpha value is -0.990. The number of aryl methyl sites for hydroxylation is 2. The third-order valence-corrected chi connectivity index (χ3v) is 4.60. The second-order valence-electron chi connectivity index (χ2n) is 2.82. The Balaban J connectivity index is 2.96. The normalized spacial score (nSPS) is 11.6. The molecule has 0 unspecified atom stereocenters. The number of rotatable bonds is 4. The lowest BCUT2D eigenvalue weighted by Gasteiger charge is -2.01. The van der Waals surface area contributed by atoms with Crippen LogP contribution >= 0.6 is 11.3 Å². The van der Waals surface area contributed by atoms with Gasteiger partial charge in [0.05, 0.1) is 10.7 Å². The second kappa shape index (κ2) is 4.25. The minimum absolute atomic E-state index is 0.0706. The lowest BCUT2D eigenvalue weighted by Crippen LogP contribution is -2.29. The molecule has 0 aliphatic heterocycles. The van der Waals surface area contributed by atoms with Crippen molar-refractivity contribution in [2.24, 2.45) is 0 Å². The second-order valence-corrected chi connectivity index (χ2v) is 5.99. The lowest BCUT2D eigenvalue weighted by molar-refractivity contribution is -0.135. The van der Waals surface area contributed by atoms with Gasteiger partial charge in [0.1, 0.15) is 6.54 Å². The quantitative estimate of drug-likeness (QED) is 0.791. The summed E-state index contributed by atoms with van der Waals surface area (Å²) in [5.41, 5.74) is 0.385. The molecule has 0 saturated carbocycles. The lowest BCUT2D eigenvalue weighted by atomic mass is 10.6. The van der Waals surface area contributed by atoms with Crippen LogP contribution in [0.1, 0.15) is 10.7 Å². The predicted octanol–water partition coefficient (Wildman–Crippen LogP) is 0.123. The van der Waals surface area contributed by atoms with Gasteiger partial charge in [-0.3, -0.25) is 4.79 Å². The number of carboxylic acid groups (broad SMARTS) is 1. The van der Waals surface area contributed by atoms with Crippen LogP contribution in [0.3, 0.4) is 0 Å². The van der Waals surface area contributed by atoms with Crippen LogP contribution in [0, 0.1) is 13.8 Å². The molecule has 0 radical (unpaired) electrons. The average Bonchev–Trinajstić information content (AvgIpc) is 2.43. The van der Waals surface area contributed by atoms with Crippen LogP contribution in [-0.4, -0.2) is 31.0 Å². The van der Waals surface area contributed by atoms with Gasteiger partial charge in [0.25, 0.3) is 10.0 Å². The Morgan fingerprint density at radius 2 is 2.13 bits per heavy atom. The number of nitrogens with one attached hydrogen (secondary N) is 1. The van der Waals surface area contributed by atoms with Gasteiger partial charge in [0.2, 0.25) is 0 Å². The maximum atomic E-state index is 11.6. The van der Waals surface area contributed by atoms with E-state index in [0.717, 1.165) is 11.3 Å². The SMILES string of the molecule is Cc1nc(C)c(S(=O)(=O)NCC(=O)O)s1. The Morgan fingerprint density at radius 1 is 1.53 bits per heavy atom. The van der Waals surface area contributed by atoms with Gasteiger partial charge < -0.3 is 5.11 Å². The molecule has 1 aromatic heterocycles. The van der Waals surface area contributed by atoms with Crippen LogP contribution in [0.4, 0.5) is 0 Å². The van der Waals surface area contributed by atoms with Crippen molar-refractivity contribution in [3.8, 4) is 0 Å². The molecule has 2 N–H and O–H groups in total. The first-order valence-corrected chi connectivity index (χ1v) is 6.28. The topological polar surface area (TPSA) is 96.4 Å². The van der Waals surface area contributed by atoms with Gasteiger partial charge in [-0.05, 0) is 13.8 Å². The molecular formula is C7H10N2O4S2. The van der Waals surface area contributed by atoms with Gasteiger partial charge in [-0.2, -0.15) is 4.72 Å². The van der Waals surface area contributed by atoms with Crippen LogP contribution in [0.15, 0.2) is 4.21 Å². The zero-order chi connectivity index (χ0) is 11.6. The van der Waals surface area contributed by atoms with Gasteiger partial charge >= 0.3 is 5.97 Å². The van der Waals surface area contributed by atoms with Crippen molar-refractivity contribution >= 4 is 27.3 Å². The van der Waals surface area contributed by atoms with E-state index in [4.69, 9.17) is 5.11 Å². The molecule has 0 atom stereocenters. The number of aromatic nitrogens is 1. The third-order valence-electron chi connectivity index (χ3n) is 1.52. The molecule has 1 aromatic rings. The van der Waals surface area contributed by atoms with E-state index in [-0.39, 0.29) is 4.21 Å². The molecule has 84 valence electrons. The van der Waals surface area contributed by atoms with Crippen LogP contribution < -0.4 is 4.72 Å². The summed E-state index contributed by atoms with van der Waals surface area (Å²) in [6.45, 7) is 2.63. The number of hydrogen-bond acceptors (Lipinski definition) is 5. The van der Waals surface area contributed by atoms with Crippen LogP contribution in [0.2, 0.25) is 0 Å². The molecule has 0 amide bonds. The van der Waals surface area contributed by atoms with E-state index in [1.165, 1.54) is 0 Å². The summed E-state index contributed by atoms with van der Waals surface area (Å²) in [6.07, 6.45) is 0. The van der Waals surface area contributed by atoms with Gasteiger partial charge in [-0.1, -0.05) is 0 Å². The van der Waals surface area contributed by atoms with Gasteiger partial charge in [0, 0.05) is 0 Å². The summed E-state index contributed by atoms with van der Waals surface area (Å²) < 4.78 is 25.2. The van der Waals surface area contributed by atoms with E-state index in [2.05, 4.69) is 4.98 Å². The highest BCUT2D eigenvalue weighted by Gasteiger charge is 2.21. The first-order chi connectivity index (χ1) is 6.83. The Morgan fingerprint density at radius 3 is 2.53 bits per heavy atom. The molecule has 8 heteroatoms. The minimum Gasteiger partial charge on any atom is -0.480 e. The van der Waals surface area contributed by atoms with Crippen molar-refractivity contribution < 1.29 is 18.3 Å². The molecule has 6 nitrogen and oxygen atoms in total. The number of carbonyl (C=O) groups is 1. The van der Waals surface area contributed by atoms with Crippen molar-refractivity contribution in [3.63, 3.8) is 0 Å². The highest BCUT2D eigenvalue weighted by atomic mass is 32.2. The van der Waals surface area contributed by atoms with Crippen molar-refractivity contribution in [2.45, 2.75) is 18.1 Å². The van der Waals surface area contributed by atoms with E-state index in [1.54, 1.807) is 13.8 Å². The fraction of sp³-hybridized carbons (Fsp3) is 0.429. The van der Waals surface area contributed by atoms with Gasteiger partial charge in [-0.25, -0.2) is 13.4 Å². The van der Waals surface area contributed by atoms with Crippen molar-refractivity contribution in [1.82, 2.24) is 9.71 Å². The zero-order valence-electron chi connectivity index (χ0n) is 8.14. The minimum atomic E-state index is -3.74. The van der Waals surface area contributed by atoms with Crippen LogP contribution in [0.5, 0.6) is 0 Å². The van der Waals surface area contributed by atoms with Crippen molar-refractivity contribution in [3.05, 3.63) is 10.7 Å². The van der Waals surface area contributed by atoms with Crippen molar-refractivity contribution in [2.75, 3.05) is 6.54 Å². The number of aliphatic carboxylic acids is 1. The maximum Gasteiger partial charge on any atom is 0.318 e. The number of thiazole rings is 1. The molecule has 1 heterocycles. The van der Waals surface area contributed by atoms with E-state index in [0.29, 0.717) is 10.7 Å². The van der Waals surface area contributed by atoms with E-state index in [9.17, 15) is 13.2 Å². The van der Waals surface area contributed by atoms with Crippen molar-refractivity contribution in [1.29, 1.82) is 0 Å². The van der Waals surface area contributed by atoms with Gasteiger partial charge in [0.15, 0.2) is 4.21 Å². The first-order valence-electron chi connectivity index (χ1n) is 3.98. The molecule has 0 fully saturated rings. The predicted molar refractivity (Wildman–Crippen MR) is 54.4 cm³/mol. The molecule has 15 heavy (non-hydrogen) atoms. The van der Waals surface area contributed by atoms with E-state index in [1.807, 2.05) is 4.72 Å². The number of sulfonamides is 1. The Kier molecular flexibility index (Phi) is 3.42. The summed E-state index contributed by atoms with van der Waals surface area (Å²) in [7, 11) is -3.74. The Bertz CT molecular complexity index is 477. The molecular weight excluding hydrogens is 240 g/mol. The van der Waals surface area contributed by atoms with E-state index >= 15 is 0 Å². The Labute approximate surface area is 91.0 Å².